The molecule has 0 heterocycles. The second-order valence-electron chi connectivity index (χ2n) is 2.85. The van der Waals surface area contributed by atoms with Crippen LogP contribution >= 0.6 is 0 Å². The van der Waals surface area contributed by atoms with E-state index in [-0.39, 0.29) is 5.56 Å². The smallest absolute Gasteiger partial charge is 0.237 e. The van der Waals surface area contributed by atoms with Gasteiger partial charge in [0, 0.05) is 5.56 Å². The summed E-state index contributed by atoms with van der Waals surface area (Å²) in [4.78, 5) is 0. The molecule has 0 spiro atoms. The van der Waals surface area contributed by atoms with Crippen molar-refractivity contribution in [2.24, 2.45) is 5.10 Å². The zero-order valence-electron chi connectivity index (χ0n) is 8.41. The van der Waals surface area contributed by atoms with Crippen molar-refractivity contribution in [3.63, 3.8) is 0 Å². The van der Waals surface area contributed by atoms with Crippen molar-refractivity contribution in [1.82, 2.24) is 0 Å². The van der Waals surface area contributed by atoms with Crippen LogP contribution < -0.4 is 5.43 Å². The highest BCUT2D eigenvalue weighted by Crippen LogP contribution is 2.22. The van der Waals surface area contributed by atoms with Crippen LogP contribution in [0.3, 0.4) is 0 Å². The van der Waals surface area contributed by atoms with Crippen molar-refractivity contribution in [2.45, 2.75) is 6.61 Å². The molecule has 0 unspecified atom stereocenters. The van der Waals surface area contributed by atoms with Gasteiger partial charge >= 0.3 is 0 Å². The van der Waals surface area contributed by atoms with Gasteiger partial charge in [0.2, 0.25) is 5.71 Å². The van der Waals surface area contributed by atoms with Crippen molar-refractivity contribution < 1.29 is 13.9 Å². The Balaban J connectivity index is 3.15. The fraction of sp³-hybridized carbons (Fsp3) is 0.100. The lowest BCUT2D eigenvalue weighted by Crippen LogP contribution is -2.03. The second-order valence-corrected chi connectivity index (χ2v) is 2.85. The van der Waals surface area contributed by atoms with Gasteiger partial charge in [-0.1, -0.05) is 6.07 Å². The molecule has 0 fully saturated rings. The first-order valence-electron chi connectivity index (χ1n) is 4.35. The molecule has 0 aliphatic heterocycles. The molecule has 86 valence electrons. The maximum atomic E-state index is 13.3. The predicted octanol–water partition coefficient (Wildman–Crippen LogP) is 1.27. The molecule has 5 nitrogen and oxygen atoms in total. The minimum absolute atomic E-state index is 0.0582. The molecule has 1 aromatic rings. The third kappa shape index (κ3) is 2.74. The fourth-order valence-corrected chi connectivity index (χ4v) is 1.03. The zero-order chi connectivity index (χ0) is 12.8. The van der Waals surface area contributed by atoms with Crippen molar-refractivity contribution in [1.29, 1.82) is 10.5 Å². The number of nitrogens with zero attached hydrogens (tertiary/aromatic N) is 3. The maximum Gasteiger partial charge on any atom is 0.237 e. The van der Waals surface area contributed by atoms with E-state index in [1.54, 1.807) is 0 Å². The van der Waals surface area contributed by atoms with Crippen LogP contribution in [0, 0.1) is 34.3 Å². The molecule has 0 aromatic heterocycles. The summed E-state index contributed by atoms with van der Waals surface area (Å²) in [5.41, 5.74) is 1.15. The first-order chi connectivity index (χ1) is 8.13. The summed E-state index contributed by atoms with van der Waals surface area (Å²) in [6.07, 6.45) is 0. The van der Waals surface area contributed by atoms with Crippen molar-refractivity contribution in [3.05, 3.63) is 29.3 Å². The molecule has 0 amide bonds. The first kappa shape index (κ1) is 12.6. The minimum Gasteiger partial charge on any atom is -0.392 e. The molecule has 17 heavy (non-hydrogen) atoms. The molecular weight excluding hydrogens is 230 g/mol. The van der Waals surface area contributed by atoms with Gasteiger partial charge in [-0.2, -0.15) is 15.6 Å². The van der Waals surface area contributed by atoms with E-state index >= 15 is 0 Å². The second kappa shape index (κ2) is 5.54. The SMILES string of the molecule is N#CC(C#N)=NNc1c(CO)ccc(F)c1F. The Kier molecular flexibility index (Phi) is 4.09. The number of hydrazone groups is 1. The third-order valence-electron chi connectivity index (χ3n) is 1.84. The number of aliphatic hydroxyl groups excluding tert-OH is 1. The molecule has 0 aliphatic rings. The maximum absolute atomic E-state index is 13.3. The summed E-state index contributed by atoms with van der Waals surface area (Å²) in [6.45, 7) is -0.538. The number of rotatable bonds is 3. The van der Waals surface area contributed by atoms with Crippen molar-refractivity contribution >= 4 is 11.4 Å². The van der Waals surface area contributed by atoms with Crippen LogP contribution in [0.15, 0.2) is 17.2 Å². The summed E-state index contributed by atoms with van der Waals surface area (Å²) in [7, 11) is 0. The minimum atomic E-state index is -1.24. The van der Waals surface area contributed by atoms with Gasteiger partial charge in [0.1, 0.15) is 17.8 Å². The number of aliphatic hydroxyl groups is 1. The van der Waals surface area contributed by atoms with Crippen LogP contribution in [-0.4, -0.2) is 10.8 Å². The van der Waals surface area contributed by atoms with Gasteiger partial charge in [-0.15, -0.1) is 0 Å². The average molecular weight is 236 g/mol. The van der Waals surface area contributed by atoms with E-state index < -0.39 is 29.6 Å². The lowest BCUT2D eigenvalue weighted by atomic mass is 10.2. The topological polar surface area (TPSA) is 92.2 Å². The van der Waals surface area contributed by atoms with Gasteiger partial charge in [0.05, 0.1) is 6.61 Å². The van der Waals surface area contributed by atoms with Gasteiger partial charge in [-0.3, -0.25) is 5.43 Å². The lowest BCUT2D eigenvalue weighted by molar-refractivity contribution is 0.281. The molecule has 1 aromatic carbocycles. The molecule has 0 radical (unpaired) electrons. The summed E-state index contributed by atoms with van der Waals surface area (Å²) in [6, 6.07) is 4.90. The quantitative estimate of drug-likeness (QED) is 0.610. The largest absolute Gasteiger partial charge is 0.392 e. The number of hydrogen-bond acceptors (Lipinski definition) is 5. The third-order valence-corrected chi connectivity index (χ3v) is 1.84. The number of halogens is 2. The first-order valence-corrected chi connectivity index (χ1v) is 4.35. The highest BCUT2D eigenvalue weighted by atomic mass is 19.2. The molecule has 0 aliphatic carbocycles. The van der Waals surface area contributed by atoms with E-state index in [9.17, 15) is 8.78 Å². The molecule has 0 saturated carbocycles. The predicted molar refractivity (Wildman–Crippen MR) is 54.6 cm³/mol. The van der Waals surface area contributed by atoms with Gasteiger partial charge in [-0.05, 0) is 6.07 Å². The van der Waals surface area contributed by atoms with E-state index in [1.807, 2.05) is 5.43 Å². The molecular formula is C10H6F2N4O. The van der Waals surface area contributed by atoms with Crippen LogP contribution in [0.1, 0.15) is 5.56 Å². The van der Waals surface area contributed by atoms with Crippen molar-refractivity contribution in [2.75, 3.05) is 5.43 Å². The van der Waals surface area contributed by atoms with E-state index in [1.165, 1.54) is 12.1 Å². The van der Waals surface area contributed by atoms with Crippen molar-refractivity contribution in [3.8, 4) is 12.1 Å². The Morgan fingerprint density at radius 2 is 2.00 bits per heavy atom. The summed E-state index contributed by atoms with van der Waals surface area (Å²) < 4.78 is 26.2. The van der Waals surface area contributed by atoms with Crippen LogP contribution in [-0.2, 0) is 6.61 Å². The molecule has 2 N–H and O–H groups in total. The van der Waals surface area contributed by atoms with E-state index in [0.717, 1.165) is 12.1 Å². The Morgan fingerprint density at radius 1 is 1.35 bits per heavy atom. The molecule has 0 bridgehead atoms. The van der Waals surface area contributed by atoms with E-state index in [0.29, 0.717) is 0 Å². The van der Waals surface area contributed by atoms with Gasteiger partial charge in [0.25, 0.3) is 0 Å². The molecule has 0 atom stereocenters. The van der Waals surface area contributed by atoms with E-state index in [4.69, 9.17) is 15.6 Å². The summed E-state index contributed by atoms with van der Waals surface area (Å²) in [5, 5.41) is 29.0. The fourth-order valence-electron chi connectivity index (χ4n) is 1.03. The number of nitriles is 2. The number of nitrogens with one attached hydrogen (secondary N) is 1. The van der Waals surface area contributed by atoms with Crippen LogP contribution in [0.5, 0.6) is 0 Å². The number of benzene rings is 1. The van der Waals surface area contributed by atoms with E-state index in [2.05, 4.69) is 5.10 Å². The average Bonchev–Trinajstić information content (AvgIpc) is 2.35. The molecule has 1 rings (SSSR count). The van der Waals surface area contributed by atoms with Gasteiger partial charge < -0.3 is 5.11 Å². The molecule has 0 saturated heterocycles. The van der Waals surface area contributed by atoms with Crippen LogP contribution in [0.4, 0.5) is 14.5 Å². The van der Waals surface area contributed by atoms with Gasteiger partial charge in [0.15, 0.2) is 11.6 Å². The van der Waals surface area contributed by atoms with Crippen LogP contribution in [0.2, 0.25) is 0 Å². The number of anilines is 1. The Bertz CT molecular complexity index is 526. The lowest BCUT2D eigenvalue weighted by Gasteiger charge is -2.07. The van der Waals surface area contributed by atoms with Crippen LogP contribution in [0.25, 0.3) is 0 Å². The normalized spacial score (nSPS) is 9.00. The standard InChI is InChI=1S/C10H6F2N4O/c11-8-2-1-6(5-17)10(9(8)12)16-15-7(3-13)4-14/h1-2,16-17H,5H2. The molecule has 7 heteroatoms. The van der Waals surface area contributed by atoms with Gasteiger partial charge in [-0.25, -0.2) is 8.78 Å². The Hall–Kier alpha value is -2.51. The zero-order valence-corrected chi connectivity index (χ0v) is 8.41. The highest BCUT2D eigenvalue weighted by molar-refractivity contribution is 6.10. The summed E-state index contributed by atoms with van der Waals surface area (Å²) in [5.74, 6) is -2.37. The summed E-state index contributed by atoms with van der Waals surface area (Å²) >= 11 is 0. The Labute approximate surface area is 95.2 Å². The monoisotopic (exact) mass is 236 g/mol. The Morgan fingerprint density at radius 3 is 2.53 bits per heavy atom. The highest BCUT2D eigenvalue weighted by Gasteiger charge is 2.12. The number of hydrogen-bond donors (Lipinski definition) is 2.